The lowest BCUT2D eigenvalue weighted by Crippen LogP contribution is -2.23. The Labute approximate surface area is 87.3 Å². The van der Waals surface area contributed by atoms with E-state index in [4.69, 9.17) is 0 Å². The standard InChI is InChI=1S/C10H12N2O3/c1-11-10(13)7-9(12(14)15)8-5-3-2-4-6-8/h2-6,9H,7H2,1H3,(H,11,13). The van der Waals surface area contributed by atoms with E-state index in [-0.39, 0.29) is 12.3 Å². The summed E-state index contributed by atoms with van der Waals surface area (Å²) < 4.78 is 0. The number of nitrogens with one attached hydrogen (secondary N) is 1. The first-order chi connectivity index (χ1) is 7.15. The summed E-state index contributed by atoms with van der Waals surface area (Å²) >= 11 is 0. The number of hydrogen-bond acceptors (Lipinski definition) is 3. The van der Waals surface area contributed by atoms with Gasteiger partial charge in [-0.25, -0.2) is 0 Å². The third kappa shape index (κ3) is 3.05. The van der Waals surface area contributed by atoms with Crippen LogP contribution < -0.4 is 5.32 Å². The number of carbonyl (C=O) groups is 1. The van der Waals surface area contributed by atoms with Crippen LogP contribution in [-0.4, -0.2) is 17.9 Å². The maximum atomic E-state index is 11.1. The number of carbonyl (C=O) groups excluding carboxylic acids is 1. The van der Waals surface area contributed by atoms with Gasteiger partial charge in [-0.15, -0.1) is 0 Å². The zero-order valence-corrected chi connectivity index (χ0v) is 8.34. The minimum absolute atomic E-state index is 0.131. The number of benzene rings is 1. The molecule has 1 rings (SSSR count). The molecule has 15 heavy (non-hydrogen) atoms. The highest BCUT2D eigenvalue weighted by molar-refractivity contribution is 5.76. The molecule has 1 amide bonds. The van der Waals surface area contributed by atoms with E-state index in [1.165, 1.54) is 7.05 Å². The molecule has 0 aromatic heterocycles. The van der Waals surface area contributed by atoms with Gasteiger partial charge in [0.1, 0.15) is 0 Å². The molecule has 80 valence electrons. The quantitative estimate of drug-likeness (QED) is 0.595. The summed E-state index contributed by atoms with van der Waals surface area (Å²) in [4.78, 5) is 21.4. The maximum Gasteiger partial charge on any atom is 0.246 e. The van der Waals surface area contributed by atoms with Crippen LogP contribution in [0.15, 0.2) is 30.3 Å². The zero-order valence-electron chi connectivity index (χ0n) is 8.34. The predicted octanol–water partition coefficient (Wildman–Crippen LogP) is 1.14. The topological polar surface area (TPSA) is 72.2 Å². The molecule has 1 aromatic rings. The van der Waals surface area contributed by atoms with Crippen LogP contribution in [0.1, 0.15) is 18.0 Å². The summed E-state index contributed by atoms with van der Waals surface area (Å²) in [6.45, 7) is 0. The second-order valence-corrected chi connectivity index (χ2v) is 3.09. The van der Waals surface area contributed by atoms with Gasteiger partial charge < -0.3 is 5.32 Å². The number of rotatable bonds is 4. The molecule has 0 spiro atoms. The van der Waals surface area contributed by atoms with Crippen LogP contribution in [0.4, 0.5) is 0 Å². The molecular formula is C10H12N2O3. The van der Waals surface area contributed by atoms with Gasteiger partial charge in [0.05, 0.1) is 6.42 Å². The fourth-order valence-electron chi connectivity index (χ4n) is 1.27. The minimum atomic E-state index is -0.967. The molecule has 1 atom stereocenters. The monoisotopic (exact) mass is 208 g/mol. The van der Waals surface area contributed by atoms with Gasteiger partial charge in [0.15, 0.2) is 0 Å². The van der Waals surface area contributed by atoms with Crippen LogP contribution in [0, 0.1) is 10.1 Å². The van der Waals surface area contributed by atoms with E-state index in [0.29, 0.717) is 5.56 Å². The first-order valence-electron chi connectivity index (χ1n) is 4.54. The van der Waals surface area contributed by atoms with Crippen molar-refractivity contribution < 1.29 is 9.72 Å². The van der Waals surface area contributed by atoms with Crippen molar-refractivity contribution in [1.29, 1.82) is 0 Å². The van der Waals surface area contributed by atoms with Gasteiger partial charge in [-0.2, -0.15) is 0 Å². The largest absolute Gasteiger partial charge is 0.359 e. The normalized spacial score (nSPS) is 11.8. The predicted molar refractivity (Wildman–Crippen MR) is 54.9 cm³/mol. The molecule has 0 aliphatic rings. The minimum Gasteiger partial charge on any atom is -0.359 e. The van der Waals surface area contributed by atoms with Gasteiger partial charge in [0.25, 0.3) is 0 Å². The molecule has 0 heterocycles. The van der Waals surface area contributed by atoms with Crippen LogP contribution in [0.3, 0.4) is 0 Å². The Morgan fingerprint density at radius 2 is 2.07 bits per heavy atom. The van der Waals surface area contributed by atoms with E-state index in [0.717, 1.165) is 0 Å². The van der Waals surface area contributed by atoms with Crippen molar-refractivity contribution in [3.05, 3.63) is 46.0 Å². The summed E-state index contributed by atoms with van der Waals surface area (Å²) in [5.74, 6) is -0.333. The molecule has 0 saturated heterocycles. The summed E-state index contributed by atoms with van der Waals surface area (Å²) in [5.41, 5.74) is 0.547. The molecule has 0 fully saturated rings. The molecule has 5 heteroatoms. The van der Waals surface area contributed by atoms with Crippen molar-refractivity contribution in [2.45, 2.75) is 12.5 Å². The summed E-state index contributed by atoms with van der Waals surface area (Å²) in [6.07, 6.45) is -0.131. The fourth-order valence-corrected chi connectivity index (χ4v) is 1.27. The van der Waals surface area contributed by atoms with Crippen molar-refractivity contribution in [3.63, 3.8) is 0 Å². The van der Waals surface area contributed by atoms with E-state index in [9.17, 15) is 14.9 Å². The van der Waals surface area contributed by atoms with Gasteiger partial charge >= 0.3 is 0 Å². The van der Waals surface area contributed by atoms with Crippen LogP contribution in [0.2, 0.25) is 0 Å². The molecule has 1 N–H and O–H groups in total. The first-order valence-corrected chi connectivity index (χ1v) is 4.54. The first kappa shape index (κ1) is 11.2. The average Bonchev–Trinajstić information content (AvgIpc) is 2.26. The van der Waals surface area contributed by atoms with Gasteiger partial charge in [0.2, 0.25) is 11.9 Å². The second kappa shape index (κ2) is 5.09. The molecule has 0 aliphatic carbocycles. The Morgan fingerprint density at radius 1 is 1.47 bits per heavy atom. The Morgan fingerprint density at radius 3 is 2.53 bits per heavy atom. The SMILES string of the molecule is CNC(=O)CC(c1ccccc1)[N+](=O)[O-]. The zero-order chi connectivity index (χ0) is 11.3. The van der Waals surface area contributed by atoms with Crippen LogP contribution in [0.25, 0.3) is 0 Å². The van der Waals surface area contributed by atoms with Gasteiger partial charge in [0, 0.05) is 17.5 Å². The third-order valence-electron chi connectivity index (χ3n) is 2.10. The Kier molecular flexibility index (Phi) is 3.79. The third-order valence-corrected chi connectivity index (χ3v) is 2.10. The van der Waals surface area contributed by atoms with E-state index < -0.39 is 11.0 Å². The summed E-state index contributed by atoms with van der Waals surface area (Å²) in [7, 11) is 1.46. The number of nitrogens with zero attached hydrogens (tertiary/aromatic N) is 1. The van der Waals surface area contributed by atoms with Crippen LogP contribution in [0.5, 0.6) is 0 Å². The number of nitro groups is 1. The highest BCUT2D eigenvalue weighted by Crippen LogP contribution is 2.19. The molecule has 0 saturated carbocycles. The van der Waals surface area contributed by atoms with E-state index >= 15 is 0 Å². The lowest BCUT2D eigenvalue weighted by molar-refractivity contribution is -0.527. The maximum absolute atomic E-state index is 11.1. The molecule has 5 nitrogen and oxygen atoms in total. The molecular weight excluding hydrogens is 196 g/mol. The van der Waals surface area contributed by atoms with Crippen molar-refractivity contribution in [2.75, 3.05) is 7.05 Å². The van der Waals surface area contributed by atoms with Gasteiger partial charge in [-0.3, -0.25) is 14.9 Å². The lowest BCUT2D eigenvalue weighted by Gasteiger charge is -2.08. The van der Waals surface area contributed by atoms with Gasteiger partial charge in [-0.05, 0) is 0 Å². The number of hydrogen-bond donors (Lipinski definition) is 1. The van der Waals surface area contributed by atoms with E-state index in [2.05, 4.69) is 5.32 Å². The highest BCUT2D eigenvalue weighted by Gasteiger charge is 2.25. The Balaban J connectivity index is 2.84. The molecule has 0 radical (unpaired) electrons. The molecule has 1 aromatic carbocycles. The number of amides is 1. The lowest BCUT2D eigenvalue weighted by atomic mass is 10.0. The van der Waals surface area contributed by atoms with E-state index in [1.807, 2.05) is 0 Å². The van der Waals surface area contributed by atoms with Crippen molar-refractivity contribution in [3.8, 4) is 0 Å². The molecule has 0 bridgehead atoms. The van der Waals surface area contributed by atoms with Crippen molar-refractivity contribution in [2.24, 2.45) is 0 Å². The van der Waals surface area contributed by atoms with Crippen molar-refractivity contribution >= 4 is 5.91 Å². The van der Waals surface area contributed by atoms with E-state index in [1.54, 1.807) is 30.3 Å². The van der Waals surface area contributed by atoms with Crippen LogP contribution in [-0.2, 0) is 4.79 Å². The Bertz CT molecular complexity index is 351. The fraction of sp³-hybridized carbons (Fsp3) is 0.300. The second-order valence-electron chi connectivity index (χ2n) is 3.09. The van der Waals surface area contributed by atoms with Gasteiger partial charge in [-0.1, -0.05) is 30.3 Å². The van der Waals surface area contributed by atoms with Crippen molar-refractivity contribution in [1.82, 2.24) is 5.32 Å². The highest BCUT2D eigenvalue weighted by atomic mass is 16.6. The summed E-state index contributed by atoms with van der Waals surface area (Å²) in [5, 5.41) is 13.2. The Hall–Kier alpha value is -1.91. The summed E-state index contributed by atoms with van der Waals surface area (Å²) in [6, 6.07) is 7.55. The average molecular weight is 208 g/mol. The van der Waals surface area contributed by atoms with Crippen LogP contribution >= 0.6 is 0 Å². The smallest absolute Gasteiger partial charge is 0.246 e. The molecule has 1 unspecified atom stereocenters. The molecule has 0 aliphatic heterocycles.